The molecule has 11 heavy (non-hydrogen) atoms. The van der Waals surface area contributed by atoms with Gasteiger partial charge in [0.2, 0.25) is 6.10 Å². The van der Waals surface area contributed by atoms with E-state index in [0.29, 0.717) is 0 Å². The van der Waals surface area contributed by atoms with Gasteiger partial charge in [-0.15, -0.1) is 0 Å². The van der Waals surface area contributed by atoms with E-state index in [9.17, 15) is 9.59 Å². The van der Waals surface area contributed by atoms with Crippen LogP contribution in [0.1, 0.15) is 6.42 Å². The van der Waals surface area contributed by atoms with E-state index in [-0.39, 0.29) is 12.2 Å². The minimum Gasteiger partial charge on any atom is -0.486 e. The van der Waals surface area contributed by atoms with E-state index in [1.807, 2.05) is 0 Å². The minimum absolute atomic E-state index is 0.0726. The molecular formula is C7H8O4. The number of ketones is 1. The fourth-order valence-corrected chi connectivity index (χ4v) is 0.779. The van der Waals surface area contributed by atoms with Gasteiger partial charge in [-0.25, -0.2) is 4.79 Å². The first-order valence-electron chi connectivity index (χ1n) is 3.16. The predicted molar refractivity (Wildman–Crippen MR) is 35.7 cm³/mol. The normalized spacial score (nSPS) is 22.6. The van der Waals surface area contributed by atoms with Gasteiger partial charge >= 0.3 is 5.97 Å². The molecule has 0 N–H and O–H groups in total. The molecule has 0 bridgehead atoms. The topological polar surface area (TPSA) is 52.6 Å². The van der Waals surface area contributed by atoms with E-state index in [0.717, 1.165) is 0 Å². The van der Waals surface area contributed by atoms with Gasteiger partial charge in [0.1, 0.15) is 0 Å². The molecule has 0 aliphatic carbocycles. The lowest BCUT2D eigenvalue weighted by molar-refractivity contribution is -0.153. The fraction of sp³-hybridized carbons (Fsp3) is 0.429. The van der Waals surface area contributed by atoms with E-state index in [1.165, 1.54) is 19.4 Å². The van der Waals surface area contributed by atoms with Crippen molar-refractivity contribution in [2.45, 2.75) is 12.5 Å². The maximum atomic E-state index is 10.8. The number of ether oxygens (including phenoxy) is 2. The second kappa shape index (κ2) is 3.18. The monoisotopic (exact) mass is 156 g/mol. The number of esters is 1. The number of hydrogen-bond donors (Lipinski definition) is 0. The molecule has 0 fully saturated rings. The summed E-state index contributed by atoms with van der Waals surface area (Å²) >= 11 is 0. The van der Waals surface area contributed by atoms with Gasteiger partial charge in [-0.05, 0) is 0 Å². The van der Waals surface area contributed by atoms with E-state index >= 15 is 0 Å². The molecule has 0 spiro atoms. The molecule has 0 aromatic heterocycles. The molecule has 0 aromatic carbocycles. The minimum atomic E-state index is -0.752. The Balaban J connectivity index is 2.56. The van der Waals surface area contributed by atoms with Gasteiger partial charge < -0.3 is 9.47 Å². The Morgan fingerprint density at radius 2 is 2.55 bits per heavy atom. The third-order valence-corrected chi connectivity index (χ3v) is 1.35. The molecular weight excluding hydrogens is 148 g/mol. The van der Waals surface area contributed by atoms with Gasteiger partial charge in [-0.2, -0.15) is 0 Å². The van der Waals surface area contributed by atoms with Crippen LogP contribution < -0.4 is 0 Å². The molecule has 0 radical (unpaired) electrons. The maximum absolute atomic E-state index is 10.8. The van der Waals surface area contributed by atoms with Crippen molar-refractivity contribution in [2.24, 2.45) is 0 Å². The van der Waals surface area contributed by atoms with Crippen molar-refractivity contribution in [2.75, 3.05) is 7.11 Å². The average Bonchev–Trinajstić information content (AvgIpc) is 2.03. The van der Waals surface area contributed by atoms with Crippen LogP contribution in [-0.4, -0.2) is 25.0 Å². The van der Waals surface area contributed by atoms with Crippen LogP contribution in [-0.2, 0) is 19.1 Å². The predicted octanol–water partition coefficient (Wildman–Crippen LogP) is 0.0311. The highest BCUT2D eigenvalue weighted by Gasteiger charge is 2.24. The molecule has 4 nitrogen and oxygen atoms in total. The van der Waals surface area contributed by atoms with E-state index in [4.69, 9.17) is 4.74 Å². The summed E-state index contributed by atoms with van der Waals surface area (Å²) in [4.78, 5) is 21.5. The maximum Gasteiger partial charge on any atom is 0.347 e. The van der Waals surface area contributed by atoms with Crippen LogP contribution in [0.25, 0.3) is 0 Å². The second-order valence-electron chi connectivity index (χ2n) is 2.12. The van der Waals surface area contributed by atoms with Gasteiger partial charge in [0.25, 0.3) is 0 Å². The Labute approximate surface area is 63.8 Å². The van der Waals surface area contributed by atoms with Crippen LogP contribution in [0.15, 0.2) is 12.3 Å². The Kier molecular flexibility index (Phi) is 2.25. The van der Waals surface area contributed by atoms with Crippen molar-refractivity contribution in [1.82, 2.24) is 0 Å². The van der Waals surface area contributed by atoms with Crippen molar-refractivity contribution in [1.29, 1.82) is 0 Å². The Morgan fingerprint density at radius 3 is 3.09 bits per heavy atom. The van der Waals surface area contributed by atoms with Crippen molar-refractivity contribution in [3.05, 3.63) is 12.3 Å². The summed E-state index contributed by atoms with van der Waals surface area (Å²) in [6.07, 6.45) is 1.83. The third kappa shape index (κ3) is 1.80. The van der Waals surface area contributed by atoms with Gasteiger partial charge in [-0.3, -0.25) is 4.79 Å². The number of allylic oxidation sites excluding steroid dienone is 1. The fourth-order valence-electron chi connectivity index (χ4n) is 0.779. The summed E-state index contributed by atoms with van der Waals surface area (Å²) < 4.78 is 9.21. The highest BCUT2D eigenvalue weighted by atomic mass is 16.6. The van der Waals surface area contributed by atoms with E-state index in [1.54, 1.807) is 0 Å². The quantitative estimate of drug-likeness (QED) is 0.502. The Hall–Kier alpha value is -1.32. The molecule has 0 aromatic rings. The summed E-state index contributed by atoms with van der Waals surface area (Å²) in [6, 6.07) is 0. The number of rotatable bonds is 1. The van der Waals surface area contributed by atoms with Gasteiger partial charge in [-0.1, -0.05) is 0 Å². The molecule has 0 amide bonds. The molecule has 4 heteroatoms. The molecule has 1 unspecified atom stereocenters. The first-order chi connectivity index (χ1) is 5.24. The SMILES string of the molecule is COC(=O)C1CC(=O)C=CO1. The van der Waals surface area contributed by atoms with E-state index < -0.39 is 12.1 Å². The average molecular weight is 156 g/mol. The molecule has 1 atom stereocenters. The Bertz CT molecular complexity index is 206. The lowest BCUT2D eigenvalue weighted by Gasteiger charge is -2.15. The van der Waals surface area contributed by atoms with Crippen molar-refractivity contribution in [3.63, 3.8) is 0 Å². The lowest BCUT2D eigenvalue weighted by atomic mass is 10.1. The van der Waals surface area contributed by atoms with Gasteiger partial charge in [0, 0.05) is 6.08 Å². The van der Waals surface area contributed by atoms with Crippen molar-refractivity contribution >= 4 is 11.8 Å². The van der Waals surface area contributed by atoms with Gasteiger partial charge in [0.05, 0.1) is 19.8 Å². The summed E-state index contributed by atoms with van der Waals surface area (Å²) in [5.74, 6) is -0.630. The summed E-state index contributed by atoms with van der Waals surface area (Å²) in [5.41, 5.74) is 0. The smallest absolute Gasteiger partial charge is 0.347 e. The zero-order chi connectivity index (χ0) is 8.27. The standard InChI is InChI=1S/C7H8O4/c1-10-7(9)6-4-5(8)2-3-11-6/h2-3,6H,4H2,1H3. The molecule has 0 saturated heterocycles. The summed E-state index contributed by atoms with van der Waals surface area (Å²) in [5, 5.41) is 0. The van der Waals surface area contributed by atoms with Crippen LogP contribution in [0.5, 0.6) is 0 Å². The molecule has 0 saturated carbocycles. The first kappa shape index (κ1) is 7.78. The highest BCUT2D eigenvalue weighted by Crippen LogP contribution is 2.08. The number of hydrogen-bond acceptors (Lipinski definition) is 4. The van der Waals surface area contributed by atoms with Crippen LogP contribution >= 0.6 is 0 Å². The third-order valence-electron chi connectivity index (χ3n) is 1.35. The largest absolute Gasteiger partial charge is 0.486 e. The van der Waals surface area contributed by atoms with Crippen molar-refractivity contribution in [3.8, 4) is 0 Å². The zero-order valence-corrected chi connectivity index (χ0v) is 6.07. The van der Waals surface area contributed by atoms with Crippen LogP contribution in [0.4, 0.5) is 0 Å². The number of carbonyl (C=O) groups is 2. The summed E-state index contributed by atoms with van der Waals surface area (Å²) in [7, 11) is 1.26. The van der Waals surface area contributed by atoms with Crippen LogP contribution in [0.3, 0.4) is 0 Å². The number of methoxy groups -OCH3 is 1. The molecule has 1 aliphatic rings. The Morgan fingerprint density at radius 1 is 1.82 bits per heavy atom. The molecule has 1 aliphatic heterocycles. The zero-order valence-electron chi connectivity index (χ0n) is 6.07. The van der Waals surface area contributed by atoms with Gasteiger partial charge in [0.15, 0.2) is 5.78 Å². The summed E-state index contributed by atoms with van der Waals surface area (Å²) in [6.45, 7) is 0. The first-order valence-corrected chi connectivity index (χ1v) is 3.16. The second-order valence-corrected chi connectivity index (χ2v) is 2.12. The molecule has 1 heterocycles. The number of carbonyl (C=O) groups excluding carboxylic acids is 2. The lowest BCUT2D eigenvalue weighted by Crippen LogP contribution is -2.28. The van der Waals surface area contributed by atoms with Crippen LogP contribution in [0, 0.1) is 0 Å². The highest BCUT2D eigenvalue weighted by molar-refractivity contribution is 5.94. The van der Waals surface area contributed by atoms with Crippen molar-refractivity contribution < 1.29 is 19.1 Å². The molecule has 60 valence electrons. The van der Waals surface area contributed by atoms with E-state index in [2.05, 4.69) is 4.74 Å². The molecule has 1 rings (SSSR count). The van der Waals surface area contributed by atoms with Crippen LogP contribution in [0.2, 0.25) is 0 Å².